The first-order chi connectivity index (χ1) is 8.20. The molecule has 0 unspecified atom stereocenters. The highest BCUT2D eigenvalue weighted by molar-refractivity contribution is 7.65. The second-order valence-electron chi connectivity index (χ2n) is 4.52. The SMILES string of the molecule is CCCCP(=O)(CCCC)Nc1ccccc1. The Bertz CT molecular complexity index is 338. The second kappa shape index (κ2) is 7.55. The third-order valence-corrected chi connectivity index (χ3v) is 5.60. The molecule has 1 rings (SSSR count). The zero-order valence-electron chi connectivity index (χ0n) is 11.0. The van der Waals surface area contributed by atoms with E-state index in [9.17, 15) is 4.57 Å². The van der Waals surface area contributed by atoms with Crippen LogP contribution in [0.15, 0.2) is 30.3 Å². The number of anilines is 1. The molecule has 96 valence electrons. The molecule has 1 N–H and O–H groups in total. The lowest BCUT2D eigenvalue weighted by molar-refractivity contribution is 0.573. The van der Waals surface area contributed by atoms with Crippen LogP contribution in [0.5, 0.6) is 0 Å². The number of hydrogen-bond acceptors (Lipinski definition) is 1. The van der Waals surface area contributed by atoms with Gasteiger partial charge in [0, 0.05) is 18.0 Å². The van der Waals surface area contributed by atoms with Gasteiger partial charge in [-0.15, -0.1) is 0 Å². The van der Waals surface area contributed by atoms with Gasteiger partial charge in [-0.3, -0.25) is 0 Å². The van der Waals surface area contributed by atoms with Crippen molar-refractivity contribution < 1.29 is 4.57 Å². The number of nitrogens with one attached hydrogen (secondary N) is 1. The summed E-state index contributed by atoms with van der Waals surface area (Å²) in [5, 5.41) is 3.28. The van der Waals surface area contributed by atoms with Gasteiger partial charge in [-0.1, -0.05) is 44.9 Å². The van der Waals surface area contributed by atoms with Gasteiger partial charge in [-0.05, 0) is 25.0 Å². The van der Waals surface area contributed by atoms with E-state index in [4.69, 9.17) is 0 Å². The molecule has 0 atom stereocenters. The molecule has 1 aromatic rings. The van der Waals surface area contributed by atoms with Crippen LogP contribution in [0.3, 0.4) is 0 Å². The monoisotopic (exact) mass is 253 g/mol. The third kappa shape index (κ3) is 5.41. The summed E-state index contributed by atoms with van der Waals surface area (Å²) in [4.78, 5) is 0. The Labute approximate surface area is 105 Å². The molecule has 0 saturated heterocycles. The fraction of sp³-hybridized carbons (Fsp3) is 0.571. The molecular weight excluding hydrogens is 229 g/mol. The van der Waals surface area contributed by atoms with Crippen LogP contribution in [0.25, 0.3) is 0 Å². The van der Waals surface area contributed by atoms with Crippen molar-refractivity contribution in [3.63, 3.8) is 0 Å². The first-order valence-corrected chi connectivity index (χ1v) is 8.69. The van der Waals surface area contributed by atoms with Gasteiger partial charge in [0.1, 0.15) is 0 Å². The van der Waals surface area contributed by atoms with E-state index in [1.165, 1.54) is 0 Å². The van der Waals surface area contributed by atoms with E-state index < -0.39 is 7.29 Å². The summed E-state index contributed by atoms with van der Waals surface area (Å²) in [6.07, 6.45) is 5.93. The van der Waals surface area contributed by atoms with Gasteiger partial charge < -0.3 is 9.65 Å². The Morgan fingerprint density at radius 2 is 1.53 bits per heavy atom. The Morgan fingerprint density at radius 1 is 1.00 bits per heavy atom. The molecule has 2 nitrogen and oxygen atoms in total. The summed E-state index contributed by atoms with van der Waals surface area (Å²) in [6.45, 7) is 4.29. The molecule has 0 bridgehead atoms. The predicted molar refractivity (Wildman–Crippen MR) is 77.2 cm³/mol. The van der Waals surface area contributed by atoms with Gasteiger partial charge in [0.2, 0.25) is 0 Å². The Morgan fingerprint density at radius 3 is 2.00 bits per heavy atom. The van der Waals surface area contributed by atoms with Crippen molar-refractivity contribution in [1.82, 2.24) is 0 Å². The standard InChI is InChI=1S/C14H24NOP/c1-3-5-12-17(16,13-6-4-2)15-14-10-8-7-9-11-14/h7-11H,3-6,12-13H2,1-2H3,(H,15,16). The van der Waals surface area contributed by atoms with Crippen LogP contribution in [-0.4, -0.2) is 12.3 Å². The average Bonchev–Trinajstić information content (AvgIpc) is 2.35. The highest BCUT2D eigenvalue weighted by Gasteiger charge is 2.20. The molecule has 0 aliphatic heterocycles. The zero-order valence-corrected chi connectivity index (χ0v) is 11.9. The first kappa shape index (κ1) is 14.3. The average molecular weight is 253 g/mol. The van der Waals surface area contributed by atoms with Crippen molar-refractivity contribution in [2.45, 2.75) is 39.5 Å². The van der Waals surface area contributed by atoms with Gasteiger partial charge in [0.15, 0.2) is 7.29 Å². The van der Waals surface area contributed by atoms with Crippen LogP contribution in [0.4, 0.5) is 5.69 Å². The van der Waals surface area contributed by atoms with Crippen LogP contribution in [0.1, 0.15) is 39.5 Å². The number of benzene rings is 1. The highest BCUT2D eigenvalue weighted by Crippen LogP contribution is 2.47. The van der Waals surface area contributed by atoms with Gasteiger partial charge in [0.05, 0.1) is 0 Å². The number of unbranched alkanes of at least 4 members (excludes halogenated alkanes) is 2. The van der Waals surface area contributed by atoms with Crippen LogP contribution in [-0.2, 0) is 4.57 Å². The second-order valence-corrected chi connectivity index (χ2v) is 7.42. The fourth-order valence-electron chi connectivity index (χ4n) is 1.80. The molecular formula is C14H24NOP. The lowest BCUT2D eigenvalue weighted by atomic mass is 10.3. The molecule has 0 spiro atoms. The Kier molecular flexibility index (Phi) is 6.36. The van der Waals surface area contributed by atoms with Gasteiger partial charge in [-0.25, -0.2) is 0 Å². The minimum atomic E-state index is -2.22. The summed E-state index contributed by atoms with van der Waals surface area (Å²) in [5.74, 6) is 0. The van der Waals surface area contributed by atoms with E-state index in [-0.39, 0.29) is 0 Å². The molecule has 0 aromatic heterocycles. The topological polar surface area (TPSA) is 29.1 Å². The highest BCUT2D eigenvalue weighted by atomic mass is 31.2. The van der Waals surface area contributed by atoms with E-state index >= 15 is 0 Å². The smallest absolute Gasteiger partial charge is 0.169 e. The maximum atomic E-state index is 12.8. The number of rotatable bonds is 8. The van der Waals surface area contributed by atoms with Crippen molar-refractivity contribution in [2.75, 3.05) is 17.4 Å². The summed E-state index contributed by atoms with van der Waals surface area (Å²) in [7, 11) is -2.22. The van der Waals surface area contributed by atoms with E-state index in [1.807, 2.05) is 30.3 Å². The predicted octanol–water partition coefficient (Wildman–Crippen LogP) is 4.98. The fourth-order valence-corrected chi connectivity index (χ4v) is 4.52. The molecule has 1 aromatic carbocycles. The van der Waals surface area contributed by atoms with Crippen molar-refractivity contribution in [1.29, 1.82) is 0 Å². The zero-order chi connectivity index (χ0) is 12.6. The Balaban J connectivity index is 2.65. The normalized spacial score (nSPS) is 11.4. The molecule has 0 saturated carbocycles. The molecule has 0 heterocycles. The minimum absolute atomic E-state index is 0.818. The number of hydrogen-bond donors (Lipinski definition) is 1. The lowest BCUT2D eigenvalue weighted by Crippen LogP contribution is -2.05. The lowest BCUT2D eigenvalue weighted by Gasteiger charge is -2.20. The summed E-state index contributed by atoms with van der Waals surface area (Å²) in [6, 6.07) is 9.92. The molecule has 3 heteroatoms. The quantitative estimate of drug-likeness (QED) is 0.662. The van der Waals surface area contributed by atoms with Crippen molar-refractivity contribution in [3.8, 4) is 0 Å². The van der Waals surface area contributed by atoms with Gasteiger partial charge >= 0.3 is 0 Å². The molecule has 17 heavy (non-hydrogen) atoms. The van der Waals surface area contributed by atoms with Crippen LogP contribution < -0.4 is 5.09 Å². The molecule has 0 radical (unpaired) electrons. The Hall–Kier alpha value is -0.750. The van der Waals surface area contributed by atoms with Crippen molar-refractivity contribution in [3.05, 3.63) is 30.3 Å². The molecule has 0 aliphatic rings. The van der Waals surface area contributed by atoms with E-state index in [0.717, 1.165) is 43.7 Å². The van der Waals surface area contributed by atoms with Crippen LogP contribution in [0.2, 0.25) is 0 Å². The minimum Gasteiger partial charge on any atom is -0.336 e. The van der Waals surface area contributed by atoms with E-state index in [1.54, 1.807) is 0 Å². The molecule has 0 aliphatic carbocycles. The third-order valence-electron chi connectivity index (χ3n) is 2.85. The van der Waals surface area contributed by atoms with Crippen LogP contribution in [0, 0.1) is 0 Å². The van der Waals surface area contributed by atoms with E-state index in [2.05, 4.69) is 18.9 Å². The summed E-state index contributed by atoms with van der Waals surface area (Å²) >= 11 is 0. The maximum Gasteiger partial charge on any atom is 0.169 e. The van der Waals surface area contributed by atoms with Gasteiger partial charge in [-0.2, -0.15) is 0 Å². The molecule has 0 fully saturated rings. The maximum absolute atomic E-state index is 12.8. The van der Waals surface area contributed by atoms with Gasteiger partial charge in [0.25, 0.3) is 0 Å². The molecule has 0 amide bonds. The van der Waals surface area contributed by atoms with Crippen molar-refractivity contribution >= 4 is 13.0 Å². The van der Waals surface area contributed by atoms with Crippen molar-refractivity contribution in [2.24, 2.45) is 0 Å². The first-order valence-electron chi connectivity index (χ1n) is 6.61. The van der Waals surface area contributed by atoms with Crippen LogP contribution >= 0.6 is 7.29 Å². The largest absolute Gasteiger partial charge is 0.336 e. The van der Waals surface area contributed by atoms with E-state index in [0.29, 0.717) is 0 Å². The summed E-state index contributed by atoms with van der Waals surface area (Å²) < 4.78 is 12.8. The number of para-hydroxylation sites is 1. The summed E-state index contributed by atoms with van der Waals surface area (Å²) in [5.41, 5.74) is 0.989.